The second kappa shape index (κ2) is 6.45. The van der Waals surface area contributed by atoms with Crippen molar-refractivity contribution in [2.45, 2.75) is 63.3 Å². The monoisotopic (exact) mass is 283 g/mol. The molecule has 1 saturated carbocycles. The first-order valence-corrected chi connectivity index (χ1v) is 7.72. The molecule has 3 atom stereocenters. The molecule has 0 aromatic rings. The molecule has 0 aromatic heterocycles. The molecule has 1 aliphatic carbocycles. The summed E-state index contributed by atoms with van der Waals surface area (Å²) in [6.45, 7) is 1.79. The maximum atomic E-state index is 12.4. The number of aliphatic hydroxyl groups excluding tert-OH is 1. The van der Waals surface area contributed by atoms with E-state index in [0.717, 1.165) is 25.7 Å². The van der Waals surface area contributed by atoms with E-state index in [1.54, 1.807) is 6.82 Å². The van der Waals surface area contributed by atoms with Gasteiger partial charge in [0, 0.05) is 12.6 Å². The van der Waals surface area contributed by atoms with Crippen LogP contribution in [0.15, 0.2) is 0 Å². The normalized spacial score (nSPS) is 33.8. The number of hydrogen-bond acceptors (Lipinski definition) is 5. The van der Waals surface area contributed by atoms with E-state index in [1.807, 2.05) is 4.81 Å². The zero-order valence-electron chi connectivity index (χ0n) is 12.5. The summed E-state index contributed by atoms with van der Waals surface area (Å²) in [5.74, 6) is 0.192. The zero-order chi connectivity index (χ0) is 14.8. The standard InChI is InChI=1S/C14H26BNO4/c1-15(19)16-12-7-4-3-6-11(12)10-14(16,8-5-9-17)13(18)20-2/h11-12,17,19H,3-10H2,1-2H3. The molecule has 6 heteroatoms. The second-order valence-electron chi connectivity index (χ2n) is 6.21. The molecule has 1 saturated heterocycles. The van der Waals surface area contributed by atoms with Crippen LogP contribution in [0.25, 0.3) is 0 Å². The van der Waals surface area contributed by atoms with Gasteiger partial charge in [-0.05, 0) is 44.8 Å². The van der Waals surface area contributed by atoms with E-state index in [2.05, 4.69) is 0 Å². The van der Waals surface area contributed by atoms with Crippen molar-refractivity contribution in [3.63, 3.8) is 0 Å². The third kappa shape index (κ3) is 2.61. The summed E-state index contributed by atoms with van der Waals surface area (Å²) in [5.41, 5.74) is -0.759. The largest absolute Gasteiger partial charge is 0.468 e. The number of carbonyl (C=O) groups is 1. The first-order chi connectivity index (χ1) is 9.56. The molecule has 0 amide bonds. The maximum absolute atomic E-state index is 12.4. The van der Waals surface area contributed by atoms with Gasteiger partial charge >= 0.3 is 13.0 Å². The van der Waals surface area contributed by atoms with Crippen molar-refractivity contribution in [1.29, 1.82) is 0 Å². The zero-order valence-corrected chi connectivity index (χ0v) is 12.5. The fourth-order valence-corrected chi connectivity index (χ4v) is 4.37. The van der Waals surface area contributed by atoms with E-state index in [4.69, 9.17) is 9.84 Å². The number of nitrogens with zero attached hydrogens (tertiary/aromatic N) is 1. The molecule has 0 bridgehead atoms. The Kier molecular flexibility index (Phi) is 5.10. The van der Waals surface area contributed by atoms with E-state index in [1.165, 1.54) is 13.5 Å². The minimum Gasteiger partial charge on any atom is -0.468 e. The molecule has 0 radical (unpaired) electrons. The van der Waals surface area contributed by atoms with Gasteiger partial charge in [-0.1, -0.05) is 12.8 Å². The van der Waals surface area contributed by atoms with Crippen molar-refractivity contribution in [3.05, 3.63) is 0 Å². The van der Waals surface area contributed by atoms with Gasteiger partial charge in [0.2, 0.25) is 0 Å². The van der Waals surface area contributed by atoms with E-state index in [-0.39, 0.29) is 18.6 Å². The molecule has 0 aromatic carbocycles. The Morgan fingerprint density at radius 2 is 2.15 bits per heavy atom. The van der Waals surface area contributed by atoms with Crippen LogP contribution in [0.2, 0.25) is 6.82 Å². The first-order valence-electron chi connectivity index (χ1n) is 7.72. The lowest BCUT2D eigenvalue weighted by molar-refractivity contribution is -0.152. The lowest BCUT2D eigenvalue weighted by Gasteiger charge is -2.40. The molecule has 2 aliphatic rings. The van der Waals surface area contributed by atoms with Crippen LogP contribution in [0.3, 0.4) is 0 Å². The van der Waals surface area contributed by atoms with Gasteiger partial charge in [0.25, 0.3) is 0 Å². The van der Waals surface area contributed by atoms with Gasteiger partial charge in [-0.15, -0.1) is 0 Å². The minimum atomic E-state index is -0.759. The minimum absolute atomic E-state index is 0.0573. The highest BCUT2D eigenvalue weighted by molar-refractivity contribution is 6.46. The van der Waals surface area contributed by atoms with Gasteiger partial charge in [-0.2, -0.15) is 0 Å². The average molecular weight is 283 g/mol. The van der Waals surface area contributed by atoms with Gasteiger partial charge in [-0.25, -0.2) is 0 Å². The van der Waals surface area contributed by atoms with Crippen molar-refractivity contribution in [2.75, 3.05) is 13.7 Å². The fraction of sp³-hybridized carbons (Fsp3) is 0.929. The summed E-state index contributed by atoms with van der Waals surface area (Å²) in [5, 5.41) is 19.4. The van der Waals surface area contributed by atoms with Crippen LogP contribution in [0.5, 0.6) is 0 Å². The van der Waals surface area contributed by atoms with Gasteiger partial charge in [0.05, 0.1) is 7.11 Å². The maximum Gasteiger partial charge on any atom is 0.377 e. The predicted molar refractivity (Wildman–Crippen MR) is 77.1 cm³/mol. The Morgan fingerprint density at radius 1 is 1.45 bits per heavy atom. The van der Waals surface area contributed by atoms with Crippen molar-refractivity contribution < 1.29 is 19.7 Å². The quantitative estimate of drug-likeness (QED) is 0.583. The van der Waals surface area contributed by atoms with Gasteiger partial charge in [0.1, 0.15) is 5.54 Å². The molecule has 1 aliphatic heterocycles. The number of carbonyl (C=O) groups excluding carboxylic acids is 1. The number of esters is 1. The molecule has 1 heterocycles. The molecule has 2 rings (SSSR count). The molecular weight excluding hydrogens is 257 g/mol. The molecule has 2 fully saturated rings. The van der Waals surface area contributed by atoms with Crippen LogP contribution in [0, 0.1) is 5.92 Å². The smallest absolute Gasteiger partial charge is 0.377 e. The number of aliphatic hydroxyl groups is 1. The summed E-state index contributed by atoms with van der Waals surface area (Å²) in [6.07, 6.45) is 6.36. The number of methoxy groups -OCH3 is 1. The lowest BCUT2D eigenvalue weighted by Crippen LogP contribution is -2.59. The van der Waals surface area contributed by atoms with E-state index in [9.17, 15) is 9.82 Å². The van der Waals surface area contributed by atoms with Crippen molar-refractivity contribution >= 4 is 13.0 Å². The Bertz CT molecular complexity index is 352. The van der Waals surface area contributed by atoms with E-state index >= 15 is 0 Å². The number of ether oxygens (including phenoxy) is 1. The highest BCUT2D eigenvalue weighted by atomic mass is 16.5. The van der Waals surface area contributed by atoms with Crippen LogP contribution in [-0.4, -0.2) is 53.3 Å². The van der Waals surface area contributed by atoms with Crippen molar-refractivity contribution in [2.24, 2.45) is 5.92 Å². The number of rotatable bonds is 5. The van der Waals surface area contributed by atoms with Gasteiger partial charge < -0.3 is 14.9 Å². The van der Waals surface area contributed by atoms with E-state index < -0.39 is 12.6 Å². The summed E-state index contributed by atoms with van der Waals surface area (Å²) in [4.78, 5) is 14.4. The third-order valence-corrected chi connectivity index (χ3v) is 5.04. The van der Waals surface area contributed by atoms with Gasteiger partial charge in [-0.3, -0.25) is 9.61 Å². The predicted octanol–water partition coefficient (Wildman–Crippen LogP) is 1.05. The molecule has 0 spiro atoms. The van der Waals surface area contributed by atoms with Crippen molar-refractivity contribution in [1.82, 2.24) is 4.81 Å². The summed E-state index contributed by atoms with van der Waals surface area (Å²) < 4.78 is 5.05. The summed E-state index contributed by atoms with van der Waals surface area (Å²) in [6, 6.07) is 0.265. The number of hydrogen-bond donors (Lipinski definition) is 2. The van der Waals surface area contributed by atoms with Crippen LogP contribution >= 0.6 is 0 Å². The Balaban J connectivity index is 2.33. The van der Waals surface area contributed by atoms with Gasteiger partial charge in [0.15, 0.2) is 0 Å². The highest BCUT2D eigenvalue weighted by Gasteiger charge is 2.58. The Hall–Kier alpha value is -0.585. The average Bonchev–Trinajstić information content (AvgIpc) is 2.79. The molecule has 5 nitrogen and oxygen atoms in total. The lowest BCUT2D eigenvalue weighted by atomic mass is 9.76. The third-order valence-electron chi connectivity index (χ3n) is 5.04. The highest BCUT2D eigenvalue weighted by Crippen LogP contribution is 2.48. The Labute approximate surface area is 121 Å². The molecule has 2 N–H and O–H groups in total. The van der Waals surface area contributed by atoms with E-state index in [0.29, 0.717) is 18.8 Å². The van der Waals surface area contributed by atoms with Crippen LogP contribution < -0.4 is 0 Å². The number of fused-ring (bicyclic) bond motifs is 1. The topological polar surface area (TPSA) is 70.0 Å². The molecule has 114 valence electrons. The SMILES string of the molecule is COC(=O)C1(CCCO)CC2CCCCC2N1B(C)O. The summed E-state index contributed by atoms with van der Waals surface area (Å²) in [7, 11) is 0.742. The van der Waals surface area contributed by atoms with Crippen molar-refractivity contribution in [3.8, 4) is 0 Å². The molecular formula is C14H26BNO4. The Morgan fingerprint density at radius 3 is 2.75 bits per heavy atom. The molecule has 3 unspecified atom stereocenters. The van der Waals surface area contributed by atoms with Crippen LogP contribution in [-0.2, 0) is 9.53 Å². The van der Waals surface area contributed by atoms with Crippen LogP contribution in [0.1, 0.15) is 44.9 Å². The second-order valence-corrected chi connectivity index (χ2v) is 6.21. The summed E-state index contributed by atoms with van der Waals surface area (Å²) >= 11 is 0. The first kappa shape index (κ1) is 15.8. The molecule has 20 heavy (non-hydrogen) atoms. The fourth-order valence-electron chi connectivity index (χ4n) is 4.37. The van der Waals surface area contributed by atoms with Crippen LogP contribution in [0.4, 0.5) is 0 Å².